The smallest absolute Gasteiger partial charge is 0.273 e. The summed E-state index contributed by atoms with van der Waals surface area (Å²) in [4.78, 5) is 28.3. The number of fused-ring (bicyclic) bond motifs is 1. The Hall–Kier alpha value is -2.82. The summed E-state index contributed by atoms with van der Waals surface area (Å²) in [5.41, 5.74) is 5.32. The van der Waals surface area contributed by atoms with Crippen LogP contribution in [0.3, 0.4) is 0 Å². The molecule has 0 aliphatic carbocycles. The van der Waals surface area contributed by atoms with Crippen molar-refractivity contribution < 1.29 is 18.0 Å². The molecule has 0 saturated carbocycles. The van der Waals surface area contributed by atoms with E-state index in [4.69, 9.17) is 0 Å². The van der Waals surface area contributed by atoms with Gasteiger partial charge in [-0.2, -0.15) is 0 Å². The number of halogens is 1. The van der Waals surface area contributed by atoms with E-state index in [1.807, 2.05) is 18.2 Å². The standard InChI is InChI=1S/C19H17BrN4O4S/c20-14-6-8-15(9-7-14)29(27,28)21-12-11-18(25)23-24-19(26)17-10-5-13-3-1-2-4-16(13)22-17/h1-10,21H,11-12H2,(H,23,25)(H,24,26). The fourth-order valence-corrected chi connectivity index (χ4v) is 3.74. The number of hydrogen-bond acceptors (Lipinski definition) is 5. The molecule has 2 amide bonds. The van der Waals surface area contributed by atoms with Gasteiger partial charge in [0.05, 0.1) is 10.4 Å². The van der Waals surface area contributed by atoms with Crippen molar-refractivity contribution in [3.63, 3.8) is 0 Å². The van der Waals surface area contributed by atoms with Crippen LogP contribution in [0, 0.1) is 0 Å². The number of aromatic nitrogens is 1. The number of amides is 2. The van der Waals surface area contributed by atoms with Crippen LogP contribution in [0.2, 0.25) is 0 Å². The van der Waals surface area contributed by atoms with Crippen molar-refractivity contribution in [1.29, 1.82) is 0 Å². The van der Waals surface area contributed by atoms with Crippen LogP contribution in [-0.4, -0.2) is 31.8 Å². The quantitative estimate of drug-likeness (QED) is 0.471. The van der Waals surface area contributed by atoms with Gasteiger partial charge in [-0.1, -0.05) is 40.2 Å². The molecule has 1 aromatic heterocycles. The molecule has 0 spiro atoms. The molecule has 150 valence electrons. The van der Waals surface area contributed by atoms with Crippen molar-refractivity contribution in [3.8, 4) is 0 Å². The molecule has 3 rings (SSSR count). The Morgan fingerprint density at radius 2 is 1.66 bits per heavy atom. The Morgan fingerprint density at radius 1 is 0.931 bits per heavy atom. The number of nitrogens with one attached hydrogen (secondary N) is 3. The Labute approximate surface area is 175 Å². The highest BCUT2D eigenvalue weighted by Gasteiger charge is 2.14. The van der Waals surface area contributed by atoms with Crippen molar-refractivity contribution in [2.24, 2.45) is 0 Å². The van der Waals surface area contributed by atoms with Crippen LogP contribution in [0.4, 0.5) is 0 Å². The largest absolute Gasteiger partial charge is 0.288 e. The molecule has 0 aliphatic rings. The number of sulfonamides is 1. The summed E-state index contributed by atoms with van der Waals surface area (Å²) in [6.45, 7) is -0.117. The maximum Gasteiger partial charge on any atom is 0.288 e. The third-order valence-corrected chi connectivity index (χ3v) is 5.92. The minimum atomic E-state index is -3.72. The van der Waals surface area contributed by atoms with Gasteiger partial charge in [0.25, 0.3) is 5.91 Å². The molecule has 0 radical (unpaired) electrons. The van der Waals surface area contributed by atoms with Crippen LogP contribution in [0.5, 0.6) is 0 Å². The number of para-hydroxylation sites is 1. The van der Waals surface area contributed by atoms with Crippen molar-refractivity contribution >= 4 is 48.7 Å². The zero-order chi connectivity index (χ0) is 20.9. The Balaban J connectivity index is 1.48. The molecule has 10 heteroatoms. The first-order valence-electron chi connectivity index (χ1n) is 8.55. The molecule has 0 saturated heterocycles. The second kappa shape index (κ2) is 9.12. The Bertz CT molecular complexity index is 1150. The van der Waals surface area contributed by atoms with E-state index in [1.54, 1.807) is 30.3 Å². The van der Waals surface area contributed by atoms with E-state index in [0.29, 0.717) is 5.52 Å². The number of benzene rings is 2. The maximum absolute atomic E-state index is 12.1. The van der Waals surface area contributed by atoms with Gasteiger partial charge in [0.2, 0.25) is 15.9 Å². The number of carbonyl (C=O) groups excluding carboxylic acids is 2. The van der Waals surface area contributed by atoms with E-state index in [-0.39, 0.29) is 23.6 Å². The first-order valence-corrected chi connectivity index (χ1v) is 10.8. The van der Waals surface area contributed by atoms with Crippen molar-refractivity contribution in [3.05, 3.63) is 70.8 Å². The van der Waals surface area contributed by atoms with E-state index in [0.717, 1.165) is 9.86 Å². The predicted octanol–water partition coefficient (Wildman–Crippen LogP) is 2.13. The Morgan fingerprint density at radius 3 is 2.41 bits per heavy atom. The third kappa shape index (κ3) is 5.59. The number of pyridine rings is 1. The van der Waals surface area contributed by atoms with Crippen LogP contribution in [0.25, 0.3) is 10.9 Å². The predicted molar refractivity (Wildman–Crippen MR) is 111 cm³/mol. The van der Waals surface area contributed by atoms with Crippen molar-refractivity contribution in [1.82, 2.24) is 20.6 Å². The summed E-state index contributed by atoms with van der Waals surface area (Å²) < 4.78 is 27.4. The minimum absolute atomic E-state index is 0.0942. The van der Waals surface area contributed by atoms with Crippen LogP contribution < -0.4 is 15.6 Å². The monoisotopic (exact) mass is 476 g/mol. The van der Waals surface area contributed by atoms with Crippen molar-refractivity contribution in [2.45, 2.75) is 11.3 Å². The fourth-order valence-electron chi connectivity index (χ4n) is 2.44. The molecule has 0 aliphatic heterocycles. The van der Waals surface area contributed by atoms with Gasteiger partial charge in [-0.05, 0) is 36.4 Å². The van der Waals surface area contributed by atoms with Gasteiger partial charge in [0.15, 0.2) is 0 Å². The molecule has 0 fully saturated rings. The van der Waals surface area contributed by atoms with Gasteiger partial charge in [-0.25, -0.2) is 18.1 Å². The van der Waals surface area contributed by atoms with Gasteiger partial charge in [0, 0.05) is 22.8 Å². The van der Waals surface area contributed by atoms with Gasteiger partial charge in [-0.15, -0.1) is 0 Å². The molecule has 3 N–H and O–H groups in total. The fraction of sp³-hybridized carbons (Fsp3) is 0.105. The van der Waals surface area contributed by atoms with Crippen molar-refractivity contribution in [2.75, 3.05) is 6.54 Å². The summed E-state index contributed by atoms with van der Waals surface area (Å²) in [5.74, 6) is -1.11. The molecule has 0 atom stereocenters. The van der Waals surface area contributed by atoms with E-state index < -0.39 is 21.8 Å². The molecule has 29 heavy (non-hydrogen) atoms. The van der Waals surface area contributed by atoms with Gasteiger partial charge < -0.3 is 0 Å². The zero-order valence-electron chi connectivity index (χ0n) is 15.1. The lowest BCUT2D eigenvalue weighted by Crippen LogP contribution is -2.43. The number of hydrogen-bond donors (Lipinski definition) is 3. The van der Waals surface area contributed by atoms with Crippen LogP contribution in [0.15, 0.2) is 70.0 Å². The van der Waals surface area contributed by atoms with E-state index in [1.165, 1.54) is 12.1 Å². The average molecular weight is 477 g/mol. The topological polar surface area (TPSA) is 117 Å². The van der Waals surface area contributed by atoms with E-state index in [9.17, 15) is 18.0 Å². The van der Waals surface area contributed by atoms with E-state index in [2.05, 4.69) is 36.5 Å². The highest BCUT2D eigenvalue weighted by Crippen LogP contribution is 2.14. The molecular weight excluding hydrogens is 460 g/mol. The highest BCUT2D eigenvalue weighted by atomic mass is 79.9. The third-order valence-electron chi connectivity index (χ3n) is 3.91. The first-order chi connectivity index (χ1) is 13.8. The summed E-state index contributed by atoms with van der Waals surface area (Å²) >= 11 is 3.23. The summed E-state index contributed by atoms with van der Waals surface area (Å²) in [6, 6.07) is 16.8. The van der Waals surface area contributed by atoms with E-state index >= 15 is 0 Å². The molecule has 3 aromatic rings. The Kier molecular flexibility index (Phi) is 6.57. The second-order valence-electron chi connectivity index (χ2n) is 5.99. The molecule has 0 bridgehead atoms. The molecule has 1 heterocycles. The SMILES string of the molecule is O=C(CCNS(=O)(=O)c1ccc(Br)cc1)NNC(=O)c1ccc2ccccc2n1. The molecule has 0 unspecified atom stereocenters. The van der Waals surface area contributed by atoms with Crippen LogP contribution >= 0.6 is 15.9 Å². The lowest BCUT2D eigenvalue weighted by Gasteiger charge is -2.09. The average Bonchev–Trinajstić information content (AvgIpc) is 2.72. The van der Waals surface area contributed by atoms with Gasteiger partial charge in [0.1, 0.15) is 5.69 Å². The zero-order valence-corrected chi connectivity index (χ0v) is 17.5. The first kappa shape index (κ1) is 20.9. The highest BCUT2D eigenvalue weighted by molar-refractivity contribution is 9.10. The number of hydrazine groups is 1. The lowest BCUT2D eigenvalue weighted by atomic mass is 10.2. The number of rotatable bonds is 6. The summed E-state index contributed by atoms with van der Waals surface area (Å²) in [5, 5.41) is 0.895. The maximum atomic E-state index is 12.1. The van der Waals surface area contributed by atoms with Crippen LogP contribution in [-0.2, 0) is 14.8 Å². The van der Waals surface area contributed by atoms with Crippen LogP contribution in [0.1, 0.15) is 16.9 Å². The lowest BCUT2D eigenvalue weighted by molar-refractivity contribution is -0.121. The number of nitrogens with zero attached hydrogens (tertiary/aromatic N) is 1. The minimum Gasteiger partial charge on any atom is -0.273 e. The van der Waals surface area contributed by atoms with Gasteiger partial charge in [-0.3, -0.25) is 20.4 Å². The summed E-state index contributed by atoms with van der Waals surface area (Å²) in [7, 11) is -3.72. The van der Waals surface area contributed by atoms with Gasteiger partial charge >= 0.3 is 0 Å². The molecule has 8 nitrogen and oxygen atoms in total. The molecule has 2 aromatic carbocycles. The second-order valence-corrected chi connectivity index (χ2v) is 8.68. The molecular formula is C19H17BrN4O4S. The summed E-state index contributed by atoms with van der Waals surface area (Å²) in [6.07, 6.45) is -0.152. The number of carbonyl (C=O) groups is 2. The normalized spacial score (nSPS) is 11.2.